The molecule has 14 nitrogen and oxygen atoms in total. The van der Waals surface area contributed by atoms with Crippen molar-refractivity contribution in [2.45, 2.75) is 118 Å². The second-order valence-corrected chi connectivity index (χ2v) is 21.5. The van der Waals surface area contributed by atoms with E-state index >= 15 is 0 Å². The van der Waals surface area contributed by atoms with E-state index in [0.717, 1.165) is 98.3 Å². The molecule has 4 aliphatic heterocycles. The molecule has 1 unspecified atom stereocenters. The lowest BCUT2D eigenvalue weighted by Crippen LogP contribution is -2.34. The lowest BCUT2D eigenvalue weighted by atomic mass is 9.69. The zero-order valence-corrected chi connectivity index (χ0v) is 41.8. The maximum Gasteiger partial charge on any atom is 0.294 e. The molecular formula is C50H70ClN3O11S2. The van der Waals surface area contributed by atoms with Crippen LogP contribution < -0.4 is 15.1 Å². The van der Waals surface area contributed by atoms with Gasteiger partial charge in [-0.05, 0) is 79.9 Å². The number of unbranched alkanes of at least 4 members (excludes halogenated alkanes) is 5. The first kappa shape index (κ1) is 52.8. The first-order chi connectivity index (χ1) is 32.1. The molecule has 0 saturated heterocycles. The molecule has 0 spiro atoms. The molecule has 1 amide bonds. The molecule has 370 valence electrons. The smallest absolute Gasteiger partial charge is 0.294 e. The molecule has 4 aliphatic rings. The highest BCUT2D eigenvalue weighted by Crippen LogP contribution is 2.54. The van der Waals surface area contributed by atoms with E-state index in [9.17, 15) is 30.7 Å². The van der Waals surface area contributed by atoms with Crippen LogP contribution in [0.4, 0.5) is 11.4 Å². The molecule has 0 radical (unpaired) electrons. The third-order valence-corrected chi connectivity index (χ3v) is 15.3. The Hall–Kier alpha value is -3.58. The van der Waals surface area contributed by atoms with Crippen LogP contribution in [0.5, 0.6) is 0 Å². The Morgan fingerprint density at radius 1 is 0.716 bits per heavy atom. The average molecular weight is 989 g/mol. The predicted molar refractivity (Wildman–Crippen MR) is 263 cm³/mol. The molecule has 67 heavy (non-hydrogen) atoms. The molecule has 0 aromatic heterocycles. The fourth-order valence-corrected chi connectivity index (χ4v) is 11.8. The van der Waals surface area contributed by atoms with Crippen molar-refractivity contribution in [3.8, 4) is 0 Å². The SMILES string of the molecule is CC1(C)C(=CC=CC=CC2=CN3CCc4ccc(S(=O)(=O)O)c(c43)C2(C)CCCCCC(=O)NCCOCCOCCOCCOCCCCCCCl)N2CCCc3ccc(S(=O)(=O)O)c1c32. The van der Waals surface area contributed by atoms with Gasteiger partial charge in [0.2, 0.25) is 5.91 Å². The van der Waals surface area contributed by atoms with Crippen LogP contribution in [0, 0.1) is 0 Å². The highest BCUT2D eigenvalue weighted by atomic mass is 35.5. The Morgan fingerprint density at radius 3 is 2.00 bits per heavy atom. The molecule has 0 saturated carbocycles. The van der Waals surface area contributed by atoms with E-state index in [4.69, 9.17) is 30.5 Å². The third kappa shape index (κ3) is 13.4. The van der Waals surface area contributed by atoms with Gasteiger partial charge in [0.1, 0.15) is 9.79 Å². The van der Waals surface area contributed by atoms with Crippen molar-refractivity contribution in [1.29, 1.82) is 0 Å². The zero-order chi connectivity index (χ0) is 48.1. The van der Waals surface area contributed by atoms with Crippen LogP contribution in [0.25, 0.3) is 0 Å². The van der Waals surface area contributed by atoms with Gasteiger partial charge in [-0.1, -0.05) is 82.9 Å². The van der Waals surface area contributed by atoms with Gasteiger partial charge in [0.25, 0.3) is 20.2 Å². The van der Waals surface area contributed by atoms with Crippen LogP contribution in [0.15, 0.2) is 81.9 Å². The highest BCUT2D eigenvalue weighted by Gasteiger charge is 2.46. The van der Waals surface area contributed by atoms with Gasteiger partial charge in [-0.15, -0.1) is 11.6 Å². The summed E-state index contributed by atoms with van der Waals surface area (Å²) in [6.07, 6.45) is 21.7. The Labute approximate surface area is 403 Å². The molecule has 1 atom stereocenters. The first-order valence-electron chi connectivity index (χ1n) is 23.8. The molecule has 0 fully saturated rings. The summed E-state index contributed by atoms with van der Waals surface area (Å²) >= 11 is 5.69. The van der Waals surface area contributed by atoms with Crippen LogP contribution in [-0.2, 0) is 67.6 Å². The van der Waals surface area contributed by atoms with Crippen LogP contribution in [-0.4, -0.2) is 110 Å². The van der Waals surface area contributed by atoms with E-state index in [1.54, 1.807) is 12.1 Å². The van der Waals surface area contributed by atoms with Crippen molar-refractivity contribution >= 4 is 49.1 Å². The second kappa shape index (κ2) is 24.3. The molecule has 3 N–H and O–H groups in total. The third-order valence-electron chi connectivity index (χ3n) is 13.2. The summed E-state index contributed by atoms with van der Waals surface area (Å²) in [5.41, 5.74) is 5.36. The minimum absolute atomic E-state index is 0.0592. The molecule has 2 aromatic rings. The van der Waals surface area contributed by atoms with E-state index in [2.05, 4.69) is 21.3 Å². The van der Waals surface area contributed by atoms with Crippen LogP contribution in [0.2, 0.25) is 0 Å². The van der Waals surface area contributed by atoms with Crippen LogP contribution in [0.3, 0.4) is 0 Å². The fraction of sp³-hybridized carbons (Fsp3) is 0.580. The van der Waals surface area contributed by atoms with Crippen molar-refractivity contribution in [1.82, 2.24) is 5.32 Å². The molecule has 0 bridgehead atoms. The number of nitrogens with one attached hydrogen (secondary N) is 1. The number of amides is 1. The molecule has 4 heterocycles. The standard InChI is InChI=1S/C50H70ClN3O11S2/c1-49(2)43(54-27-14-15-38-19-21-41(66(56,57)58)45(49)48(38)54)17-9-6-8-16-40-37-53-28-23-39-20-22-42(67(59,60)61)46(47(39)53)50(40,3)24-11-7-10-18-44(55)52-26-30-63-32-34-65-36-35-64-33-31-62-29-13-5-4-12-25-51/h6,8-9,16-17,19-22,37H,4-5,7,10-15,18,23-36H2,1-3H3,(H,52,55)(H,56,57,58)(H,59,60,61). The monoisotopic (exact) mass is 987 g/mol. The Balaban J connectivity index is 0.983. The highest BCUT2D eigenvalue weighted by molar-refractivity contribution is 7.86. The first-order valence-corrected chi connectivity index (χ1v) is 27.2. The zero-order valence-electron chi connectivity index (χ0n) is 39.4. The minimum Gasteiger partial charge on any atom is -0.379 e. The summed E-state index contributed by atoms with van der Waals surface area (Å²) in [7, 11) is -9.00. The Bertz CT molecular complexity index is 2380. The fourth-order valence-electron chi connectivity index (χ4n) is 9.89. The number of anilines is 2. The maximum atomic E-state index is 12.9. The molecule has 6 rings (SSSR count). The van der Waals surface area contributed by atoms with Gasteiger partial charge >= 0.3 is 0 Å². The van der Waals surface area contributed by atoms with Crippen molar-refractivity contribution in [3.05, 3.63) is 94.4 Å². The van der Waals surface area contributed by atoms with E-state index in [0.29, 0.717) is 102 Å². The summed E-state index contributed by atoms with van der Waals surface area (Å²) in [4.78, 5) is 16.8. The summed E-state index contributed by atoms with van der Waals surface area (Å²) < 4.78 is 93.7. The summed E-state index contributed by atoms with van der Waals surface area (Å²) in [6.45, 7) is 11.8. The quantitative estimate of drug-likeness (QED) is 0.0307. The van der Waals surface area contributed by atoms with Gasteiger partial charge in [-0.2, -0.15) is 16.8 Å². The number of benzene rings is 2. The molecule has 0 aliphatic carbocycles. The number of hydrogen-bond donors (Lipinski definition) is 3. The number of alkyl halides is 1. The normalized spacial score (nSPS) is 19.2. The number of aryl methyl sites for hydroxylation is 1. The Morgan fingerprint density at radius 2 is 1.33 bits per heavy atom. The van der Waals surface area contributed by atoms with E-state index in [-0.39, 0.29) is 15.7 Å². The number of ether oxygens (including phenoxy) is 4. The van der Waals surface area contributed by atoms with Crippen molar-refractivity contribution in [2.24, 2.45) is 0 Å². The summed E-state index contributed by atoms with van der Waals surface area (Å²) in [5.74, 6) is 0.656. The van der Waals surface area contributed by atoms with Crippen LogP contribution >= 0.6 is 11.6 Å². The van der Waals surface area contributed by atoms with Gasteiger partial charge in [-0.25, -0.2) is 0 Å². The number of halogens is 1. The average Bonchev–Trinajstić information content (AvgIpc) is 3.79. The van der Waals surface area contributed by atoms with E-state index in [1.807, 2.05) is 51.2 Å². The summed E-state index contributed by atoms with van der Waals surface area (Å²) in [5, 5.41) is 2.92. The predicted octanol–water partition coefficient (Wildman–Crippen LogP) is 8.37. The number of carbonyl (C=O) groups is 1. The number of rotatable bonds is 29. The molecule has 17 heteroatoms. The molecular weight excluding hydrogens is 918 g/mol. The van der Waals surface area contributed by atoms with Gasteiger partial charge in [0.05, 0.1) is 46.2 Å². The lowest BCUT2D eigenvalue weighted by molar-refractivity contribution is -0.121. The van der Waals surface area contributed by atoms with Gasteiger partial charge in [-0.3, -0.25) is 13.9 Å². The largest absolute Gasteiger partial charge is 0.379 e. The van der Waals surface area contributed by atoms with E-state index in [1.165, 1.54) is 12.1 Å². The topological polar surface area (TPSA) is 181 Å². The van der Waals surface area contributed by atoms with Gasteiger partial charge in [0.15, 0.2) is 0 Å². The second-order valence-electron chi connectivity index (χ2n) is 18.3. The maximum absolute atomic E-state index is 12.9. The van der Waals surface area contributed by atoms with E-state index < -0.39 is 31.1 Å². The number of hydrogen-bond acceptors (Lipinski definition) is 11. The minimum atomic E-state index is -4.56. The number of carbonyl (C=O) groups excluding carboxylic acids is 1. The summed E-state index contributed by atoms with van der Waals surface area (Å²) in [6, 6.07) is 6.63. The van der Waals surface area contributed by atoms with Crippen molar-refractivity contribution < 1.29 is 49.7 Å². The lowest BCUT2D eigenvalue weighted by Gasteiger charge is -2.41. The molecule has 2 aromatic carbocycles. The van der Waals surface area contributed by atoms with Crippen molar-refractivity contribution in [2.75, 3.05) is 88.2 Å². The Kier molecular flexibility index (Phi) is 19.2. The van der Waals surface area contributed by atoms with Crippen molar-refractivity contribution in [3.63, 3.8) is 0 Å². The number of nitrogens with zero attached hydrogens (tertiary/aromatic N) is 2. The van der Waals surface area contributed by atoms with Crippen LogP contribution in [0.1, 0.15) is 107 Å². The van der Waals surface area contributed by atoms with Gasteiger partial charge in [0, 0.05) is 83.8 Å². The number of allylic oxidation sites excluding steroid dienone is 7. The van der Waals surface area contributed by atoms with Gasteiger partial charge < -0.3 is 34.1 Å².